The van der Waals surface area contributed by atoms with E-state index in [2.05, 4.69) is 24.1 Å². The monoisotopic (exact) mass is 242 g/mol. The lowest BCUT2D eigenvalue weighted by atomic mass is 10.1. The van der Waals surface area contributed by atoms with Crippen molar-refractivity contribution in [3.63, 3.8) is 0 Å². The van der Waals surface area contributed by atoms with Crippen LogP contribution in [0.1, 0.15) is 46.0 Å². The maximum atomic E-state index is 5.52. The van der Waals surface area contributed by atoms with Gasteiger partial charge in [-0.05, 0) is 45.2 Å². The van der Waals surface area contributed by atoms with Gasteiger partial charge in [0.1, 0.15) is 0 Å². The van der Waals surface area contributed by atoms with E-state index in [-0.39, 0.29) is 0 Å². The van der Waals surface area contributed by atoms with Crippen molar-refractivity contribution in [2.75, 3.05) is 39.4 Å². The molecule has 0 radical (unpaired) electrons. The van der Waals surface area contributed by atoms with Crippen LogP contribution in [0.2, 0.25) is 0 Å². The smallest absolute Gasteiger partial charge is 0.0478 e. The number of ether oxygens (including phenoxy) is 1. The number of rotatable bonds is 9. The second kappa shape index (κ2) is 9.86. The van der Waals surface area contributed by atoms with Crippen LogP contribution in [-0.4, -0.2) is 50.3 Å². The van der Waals surface area contributed by atoms with Gasteiger partial charge >= 0.3 is 0 Å². The third-order valence-electron chi connectivity index (χ3n) is 3.30. The molecule has 1 aliphatic rings. The van der Waals surface area contributed by atoms with Crippen LogP contribution >= 0.6 is 0 Å². The molecule has 0 amide bonds. The summed E-state index contributed by atoms with van der Waals surface area (Å²) in [6.07, 6.45) is 6.24. The van der Waals surface area contributed by atoms with Gasteiger partial charge in [-0.25, -0.2) is 0 Å². The molecule has 1 fully saturated rings. The Kier molecular flexibility index (Phi) is 8.67. The van der Waals surface area contributed by atoms with Crippen LogP contribution in [-0.2, 0) is 4.74 Å². The predicted octanol–water partition coefficient (Wildman–Crippen LogP) is 2.27. The summed E-state index contributed by atoms with van der Waals surface area (Å²) in [4.78, 5) is 2.59. The summed E-state index contributed by atoms with van der Waals surface area (Å²) in [5.41, 5.74) is 0. The van der Waals surface area contributed by atoms with Gasteiger partial charge in [0.15, 0.2) is 0 Å². The Balaban J connectivity index is 2.03. The first-order chi connectivity index (χ1) is 8.36. The van der Waals surface area contributed by atoms with Crippen molar-refractivity contribution >= 4 is 0 Å². The summed E-state index contributed by atoms with van der Waals surface area (Å²) < 4.78 is 5.52. The lowest BCUT2D eigenvalue weighted by molar-refractivity contribution is 0.113. The van der Waals surface area contributed by atoms with E-state index in [9.17, 15) is 0 Å². The van der Waals surface area contributed by atoms with E-state index in [4.69, 9.17) is 4.74 Å². The largest absolute Gasteiger partial charge is 0.381 e. The van der Waals surface area contributed by atoms with Crippen molar-refractivity contribution in [3.8, 4) is 0 Å². The average Bonchev–Trinajstić information content (AvgIpc) is 2.37. The number of nitrogens with zero attached hydrogens (tertiary/aromatic N) is 1. The van der Waals surface area contributed by atoms with Crippen molar-refractivity contribution in [1.29, 1.82) is 0 Å². The van der Waals surface area contributed by atoms with E-state index in [1.165, 1.54) is 45.3 Å². The van der Waals surface area contributed by atoms with Gasteiger partial charge in [0.05, 0.1) is 0 Å². The summed E-state index contributed by atoms with van der Waals surface area (Å²) >= 11 is 0. The third kappa shape index (κ3) is 7.02. The highest BCUT2D eigenvalue weighted by molar-refractivity contribution is 4.77. The fourth-order valence-electron chi connectivity index (χ4n) is 2.41. The fraction of sp³-hybridized carbons (Fsp3) is 1.00. The van der Waals surface area contributed by atoms with Crippen LogP contribution in [0.3, 0.4) is 0 Å². The average molecular weight is 242 g/mol. The molecule has 17 heavy (non-hydrogen) atoms. The zero-order valence-corrected chi connectivity index (χ0v) is 11.7. The van der Waals surface area contributed by atoms with E-state index < -0.39 is 0 Å². The minimum absolute atomic E-state index is 0.722. The standard InChI is InChI=1S/C14H30N2O/c1-3-8-15-14-7-5-9-16(13-14)10-6-12-17-11-4-2/h14-15H,3-13H2,1-2H3. The SMILES string of the molecule is CCCNC1CCCN(CCCOCCC)C1. The van der Waals surface area contributed by atoms with Gasteiger partial charge in [-0.15, -0.1) is 0 Å². The topological polar surface area (TPSA) is 24.5 Å². The van der Waals surface area contributed by atoms with Crippen molar-refractivity contribution in [3.05, 3.63) is 0 Å². The molecule has 0 spiro atoms. The Hall–Kier alpha value is -0.120. The van der Waals surface area contributed by atoms with Crippen LogP contribution in [0.5, 0.6) is 0 Å². The molecule has 0 saturated carbocycles. The predicted molar refractivity (Wildman–Crippen MR) is 73.5 cm³/mol. The van der Waals surface area contributed by atoms with Gasteiger partial charge in [0.25, 0.3) is 0 Å². The van der Waals surface area contributed by atoms with Gasteiger partial charge in [-0.2, -0.15) is 0 Å². The molecule has 1 saturated heterocycles. The maximum Gasteiger partial charge on any atom is 0.0478 e. The number of piperidine rings is 1. The molecule has 0 aromatic rings. The molecule has 1 unspecified atom stereocenters. The van der Waals surface area contributed by atoms with Crippen LogP contribution in [0.25, 0.3) is 0 Å². The van der Waals surface area contributed by atoms with E-state index >= 15 is 0 Å². The molecule has 0 aliphatic carbocycles. The first-order valence-electron chi connectivity index (χ1n) is 7.40. The lowest BCUT2D eigenvalue weighted by Crippen LogP contribution is -2.46. The lowest BCUT2D eigenvalue weighted by Gasteiger charge is -2.33. The van der Waals surface area contributed by atoms with Crippen molar-refractivity contribution in [2.45, 2.75) is 52.0 Å². The number of likely N-dealkylation sites (tertiary alicyclic amines) is 1. The van der Waals surface area contributed by atoms with E-state index in [1.807, 2.05) is 0 Å². The molecule has 1 N–H and O–H groups in total. The summed E-state index contributed by atoms with van der Waals surface area (Å²) in [5, 5.41) is 3.64. The highest BCUT2D eigenvalue weighted by atomic mass is 16.5. The minimum atomic E-state index is 0.722. The van der Waals surface area contributed by atoms with Crippen molar-refractivity contribution in [2.24, 2.45) is 0 Å². The number of nitrogens with one attached hydrogen (secondary N) is 1. The molecular weight excluding hydrogens is 212 g/mol. The molecule has 0 aromatic heterocycles. The van der Waals surface area contributed by atoms with Gasteiger partial charge in [-0.3, -0.25) is 0 Å². The van der Waals surface area contributed by atoms with E-state index in [0.717, 1.165) is 32.2 Å². The Labute approximate surface area is 107 Å². The van der Waals surface area contributed by atoms with Crippen LogP contribution < -0.4 is 5.32 Å². The molecule has 0 aromatic carbocycles. The fourth-order valence-corrected chi connectivity index (χ4v) is 2.41. The molecule has 1 atom stereocenters. The van der Waals surface area contributed by atoms with Gasteiger partial charge in [0, 0.05) is 32.3 Å². The second-order valence-electron chi connectivity index (χ2n) is 5.06. The molecule has 1 heterocycles. The van der Waals surface area contributed by atoms with Crippen LogP contribution in [0.4, 0.5) is 0 Å². The Morgan fingerprint density at radius 1 is 1.24 bits per heavy atom. The van der Waals surface area contributed by atoms with Gasteiger partial charge in [-0.1, -0.05) is 13.8 Å². The second-order valence-corrected chi connectivity index (χ2v) is 5.06. The number of hydrogen-bond donors (Lipinski definition) is 1. The zero-order valence-electron chi connectivity index (χ0n) is 11.7. The normalized spacial score (nSPS) is 21.9. The quantitative estimate of drug-likeness (QED) is 0.628. The molecule has 3 heteroatoms. The summed E-state index contributed by atoms with van der Waals surface area (Å²) in [6.45, 7) is 11.1. The first kappa shape index (κ1) is 14.9. The Bertz CT molecular complexity index is 176. The Morgan fingerprint density at radius 2 is 2.12 bits per heavy atom. The molecule has 102 valence electrons. The molecule has 1 aliphatic heterocycles. The molecule has 0 bridgehead atoms. The van der Waals surface area contributed by atoms with E-state index in [1.54, 1.807) is 0 Å². The van der Waals surface area contributed by atoms with E-state index in [0.29, 0.717) is 0 Å². The van der Waals surface area contributed by atoms with Crippen LogP contribution in [0.15, 0.2) is 0 Å². The van der Waals surface area contributed by atoms with Gasteiger partial charge < -0.3 is 15.0 Å². The molecular formula is C14H30N2O. The van der Waals surface area contributed by atoms with Crippen molar-refractivity contribution in [1.82, 2.24) is 10.2 Å². The Morgan fingerprint density at radius 3 is 2.88 bits per heavy atom. The highest BCUT2D eigenvalue weighted by Gasteiger charge is 2.18. The van der Waals surface area contributed by atoms with Crippen molar-refractivity contribution < 1.29 is 4.74 Å². The summed E-state index contributed by atoms with van der Waals surface area (Å²) in [6, 6.07) is 0.722. The maximum absolute atomic E-state index is 5.52. The van der Waals surface area contributed by atoms with Crippen LogP contribution in [0, 0.1) is 0 Å². The summed E-state index contributed by atoms with van der Waals surface area (Å²) in [5.74, 6) is 0. The van der Waals surface area contributed by atoms with Gasteiger partial charge in [0.2, 0.25) is 0 Å². The number of hydrogen-bond acceptors (Lipinski definition) is 3. The first-order valence-corrected chi connectivity index (χ1v) is 7.40. The molecule has 1 rings (SSSR count). The minimum Gasteiger partial charge on any atom is -0.381 e. The molecule has 3 nitrogen and oxygen atoms in total. The zero-order chi connectivity index (χ0) is 12.3. The highest BCUT2D eigenvalue weighted by Crippen LogP contribution is 2.10. The third-order valence-corrected chi connectivity index (χ3v) is 3.30. The summed E-state index contributed by atoms with van der Waals surface area (Å²) in [7, 11) is 0.